The van der Waals surface area contributed by atoms with Crippen LogP contribution in [-0.4, -0.2) is 26.2 Å². The lowest BCUT2D eigenvalue weighted by Crippen LogP contribution is -2.01. The molecule has 0 saturated carbocycles. The molecule has 4 nitrogen and oxygen atoms in total. The number of hydrogen-bond donors (Lipinski definition) is 0. The van der Waals surface area contributed by atoms with Crippen LogP contribution in [-0.2, 0) is 14.3 Å². The van der Waals surface area contributed by atoms with E-state index in [-0.39, 0.29) is 0 Å². The van der Waals surface area contributed by atoms with Crippen molar-refractivity contribution < 1.29 is 19.1 Å². The van der Waals surface area contributed by atoms with E-state index in [0.717, 1.165) is 0 Å². The van der Waals surface area contributed by atoms with E-state index >= 15 is 0 Å². The lowest BCUT2D eigenvalue weighted by atomic mass is 10.2. The molecule has 80 valence electrons. The summed E-state index contributed by atoms with van der Waals surface area (Å²) in [6, 6.07) is 1.65. The Kier molecular flexibility index (Phi) is 4.05. The molecule has 1 heterocycles. The molecular formula is C10H10O4S. The monoisotopic (exact) mass is 226 g/mol. The Bertz CT molecular complexity index is 392. The maximum absolute atomic E-state index is 11.2. The Morgan fingerprint density at radius 3 is 2.67 bits per heavy atom. The first-order valence-electron chi connectivity index (χ1n) is 4.11. The van der Waals surface area contributed by atoms with Crippen molar-refractivity contribution in [1.82, 2.24) is 0 Å². The summed E-state index contributed by atoms with van der Waals surface area (Å²) in [5, 5.41) is 1.75. The maximum atomic E-state index is 11.2. The topological polar surface area (TPSA) is 52.6 Å². The minimum Gasteiger partial charge on any atom is -0.466 e. The highest BCUT2D eigenvalue weighted by atomic mass is 32.1. The van der Waals surface area contributed by atoms with Crippen LogP contribution in [0.25, 0.3) is 6.08 Å². The summed E-state index contributed by atoms with van der Waals surface area (Å²) >= 11 is 1.35. The summed E-state index contributed by atoms with van der Waals surface area (Å²) in [5.74, 6) is -0.875. The van der Waals surface area contributed by atoms with Crippen LogP contribution < -0.4 is 0 Å². The molecule has 0 unspecified atom stereocenters. The molecule has 1 rings (SSSR count). The van der Waals surface area contributed by atoms with Crippen LogP contribution in [0.3, 0.4) is 0 Å². The van der Waals surface area contributed by atoms with E-state index in [0.29, 0.717) is 10.4 Å². The number of carbonyl (C=O) groups is 2. The molecule has 0 aliphatic carbocycles. The summed E-state index contributed by atoms with van der Waals surface area (Å²) in [5.41, 5.74) is 0.447. The Balaban J connectivity index is 2.86. The van der Waals surface area contributed by atoms with Gasteiger partial charge in [0.2, 0.25) is 0 Å². The first kappa shape index (κ1) is 11.5. The van der Waals surface area contributed by atoms with Crippen LogP contribution in [0.4, 0.5) is 0 Å². The van der Waals surface area contributed by atoms with Crippen LogP contribution in [0.1, 0.15) is 15.2 Å². The van der Waals surface area contributed by atoms with Crippen molar-refractivity contribution in [2.24, 2.45) is 0 Å². The van der Waals surface area contributed by atoms with Crippen LogP contribution >= 0.6 is 11.3 Å². The van der Waals surface area contributed by atoms with E-state index in [9.17, 15) is 9.59 Å². The van der Waals surface area contributed by atoms with Crippen LogP contribution in [0.2, 0.25) is 0 Å². The van der Waals surface area contributed by atoms with Gasteiger partial charge in [-0.3, -0.25) is 0 Å². The largest absolute Gasteiger partial charge is 0.466 e. The van der Waals surface area contributed by atoms with Gasteiger partial charge in [-0.2, -0.15) is 0 Å². The number of carbonyl (C=O) groups excluding carboxylic acids is 2. The summed E-state index contributed by atoms with van der Waals surface area (Å²) < 4.78 is 9.02. The van der Waals surface area contributed by atoms with E-state index in [1.807, 2.05) is 0 Å². The first-order valence-corrected chi connectivity index (χ1v) is 4.99. The fourth-order valence-corrected chi connectivity index (χ4v) is 1.72. The van der Waals surface area contributed by atoms with Gasteiger partial charge in [-0.05, 0) is 17.5 Å². The number of esters is 2. The van der Waals surface area contributed by atoms with Crippen LogP contribution in [0.5, 0.6) is 0 Å². The highest BCUT2D eigenvalue weighted by molar-refractivity contribution is 7.11. The van der Waals surface area contributed by atoms with E-state index < -0.39 is 11.9 Å². The molecule has 0 spiro atoms. The number of rotatable bonds is 3. The zero-order chi connectivity index (χ0) is 11.3. The highest BCUT2D eigenvalue weighted by Gasteiger charge is 2.10. The normalized spacial score (nSPS) is 10.3. The van der Waals surface area contributed by atoms with Gasteiger partial charge in [-0.1, -0.05) is 0 Å². The van der Waals surface area contributed by atoms with Gasteiger partial charge in [-0.25, -0.2) is 9.59 Å². The van der Waals surface area contributed by atoms with Crippen molar-refractivity contribution in [2.45, 2.75) is 0 Å². The second-order valence-corrected chi connectivity index (χ2v) is 3.49. The molecule has 0 bridgehead atoms. The van der Waals surface area contributed by atoms with Gasteiger partial charge in [0.1, 0.15) is 0 Å². The Morgan fingerprint density at radius 1 is 1.33 bits per heavy atom. The summed E-state index contributed by atoms with van der Waals surface area (Å²) in [6.45, 7) is 0. The Labute approximate surface area is 91.1 Å². The number of hydrogen-bond acceptors (Lipinski definition) is 5. The maximum Gasteiger partial charge on any atom is 0.339 e. The first-order chi connectivity index (χ1) is 7.19. The number of ether oxygens (including phenoxy) is 2. The smallest absolute Gasteiger partial charge is 0.339 e. The van der Waals surface area contributed by atoms with Gasteiger partial charge < -0.3 is 9.47 Å². The molecular weight excluding hydrogens is 216 g/mol. The minimum atomic E-state index is -0.459. The van der Waals surface area contributed by atoms with Crippen LogP contribution in [0.15, 0.2) is 17.5 Å². The fraction of sp³-hybridized carbons (Fsp3) is 0.200. The van der Waals surface area contributed by atoms with E-state index in [4.69, 9.17) is 0 Å². The standard InChI is InChI=1S/C10H10O4S/c1-13-9(11)4-3-8-7(5-6-15-8)10(12)14-2/h3-6H,1-2H3/b4-3+. The summed E-state index contributed by atoms with van der Waals surface area (Å²) in [7, 11) is 2.61. The molecule has 0 aliphatic rings. The molecule has 0 radical (unpaired) electrons. The summed E-state index contributed by atoms with van der Waals surface area (Å²) in [6.07, 6.45) is 2.79. The van der Waals surface area contributed by atoms with E-state index in [2.05, 4.69) is 9.47 Å². The minimum absolute atomic E-state index is 0.416. The van der Waals surface area contributed by atoms with Gasteiger partial charge in [0.05, 0.1) is 19.8 Å². The quantitative estimate of drug-likeness (QED) is 0.581. The average Bonchev–Trinajstić information content (AvgIpc) is 2.72. The lowest BCUT2D eigenvalue weighted by Gasteiger charge is -1.96. The Hall–Kier alpha value is -1.62. The van der Waals surface area contributed by atoms with Gasteiger partial charge in [0.25, 0.3) is 0 Å². The fourth-order valence-electron chi connectivity index (χ4n) is 0.940. The molecule has 0 aromatic carbocycles. The van der Waals surface area contributed by atoms with Gasteiger partial charge in [-0.15, -0.1) is 11.3 Å². The molecule has 0 fully saturated rings. The molecule has 0 amide bonds. The predicted octanol–water partition coefficient (Wildman–Crippen LogP) is 1.72. The number of thiophene rings is 1. The van der Waals surface area contributed by atoms with Crippen molar-refractivity contribution in [3.63, 3.8) is 0 Å². The Morgan fingerprint density at radius 2 is 2.07 bits per heavy atom. The van der Waals surface area contributed by atoms with Crippen molar-refractivity contribution >= 4 is 29.4 Å². The molecule has 5 heteroatoms. The predicted molar refractivity (Wildman–Crippen MR) is 56.7 cm³/mol. The second kappa shape index (κ2) is 5.31. The van der Waals surface area contributed by atoms with Crippen molar-refractivity contribution in [1.29, 1.82) is 0 Å². The second-order valence-electron chi connectivity index (χ2n) is 2.55. The van der Waals surface area contributed by atoms with Crippen molar-refractivity contribution in [2.75, 3.05) is 14.2 Å². The van der Waals surface area contributed by atoms with Gasteiger partial charge >= 0.3 is 11.9 Å². The average molecular weight is 226 g/mol. The lowest BCUT2D eigenvalue weighted by molar-refractivity contribution is -0.134. The zero-order valence-electron chi connectivity index (χ0n) is 8.35. The van der Waals surface area contributed by atoms with Crippen molar-refractivity contribution in [3.8, 4) is 0 Å². The highest BCUT2D eigenvalue weighted by Crippen LogP contribution is 2.19. The number of methoxy groups -OCH3 is 2. The molecule has 15 heavy (non-hydrogen) atoms. The van der Waals surface area contributed by atoms with Gasteiger partial charge in [0, 0.05) is 11.0 Å². The zero-order valence-corrected chi connectivity index (χ0v) is 9.17. The molecule has 0 saturated heterocycles. The third kappa shape index (κ3) is 2.92. The van der Waals surface area contributed by atoms with Gasteiger partial charge in [0.15, 0.2) is 0 Å². The third-order valence-electron chi connectivity index (χ3n) is 1.67. The molecule has 0 aliphatic heterocycles. The molecule has 0 atom stereocenters. The molecule has 0 N–H and O–H groups in total. The molecule has 1 aromatic rings. The van der Waals surface area contributed by atoms with E-state index in [1.165, 1.54) is 37.7 Å². The van der Waals surface area contributed by atoms with E-state index in [1.54, 1.807) is 11.4 Å². The molecule has 1 aromatic heterocycles. The summed E-state index contributed by atoms with van der Waals surface area (Å²) in [4.78, 5) is 22.8. The SMILES string of the molecule is COC(=O)/C=C/c1sccc1C(=O)OC. The van der Waals surface area contributed by atoms with Crippen LogP contribution in [0, 0.1) is 0 Å². The van der Waals surface area contributed by atoms with Crippen molar-refractivity contribution in [3.05, 3.63) is 28.0 Å². The third-order valence-corrected chi connectivity index (χ3v) is 2.55.